The summed E-state index contributed by atoms with van der Waals surface area (Å²) >= 11 is 0. The summed E-state index contributed by atoms with van der Waals surface area (Å²) in [6, 6.07) is 3.60. The first-order valence-electron chi connectivity index (χ1n) is 9.36. The van der Waals surface area contributed by atoms with E-state index >= 15 is 0 Å². The van der Waals surface area contributed by atoms with Gasteiger partial charge < -0.3 is 5.32 Å². The maximum absolute atomic E-state index is 14.1. The maximum Gasteiger partial charge on any atom is 0.273 e. The minimum Gasteiger partial charge on any atom is -0.347 e. The van der Waals surface area contributed by atoms with Gasteiger partial charge in [0.1, 0.15) is 0 Å². The van der Waals surface area contributed by atoms with Gasteiger partial charge in [-0.3, -0.25) is 9.52 Å². The Morgan fingerprint density at radius 1 is 1.26 bits per heavy atom. The van der Waals surface area contributed by atoms with Gasteiger partial charge in [-0.05, 0) is 57.1 Å². The summed E-state index contributed by atoms with van der Waals surface area (Å²) in [5.74, 6) is -2.84. The lowest BCUT2D eigenvalue weighted by atomic mass is 9.50. The zero-order valence-corrected chi connectivity index (χ0v) is 16.3. The molecule has 0 heterocycles. The van der Waals surface area contributed by atoms with E-state index < -0.39 is 33.0 Å². The van der Waals surface area contributed by atoms with Gasteiger partial charge in [0.05, 0.1) is 16.0 Å². The van der Waals surface area contributed by atoms with Crippen molar-refractivity contribution in [2.45, 2.75) is 68.6 Å². The largest absolute Gasteiger partial charge is 0.347 e. The van der Waals surface area contributed by atoms with Crippen molar-refractivity contribution in [2.75, 3.05) is 4.72 Å². The second-order valence-electron chi connectivity index (χ2n) is 8.59. The molecule has 0 atom stereocenters. The van der Waals surface area contributed by atoms with Gasteiger partial charge in [0.2, 0.25) is 10.0 Å². The van der Waals surface area contributed by atoms with Crippen LogP contribution in [0.15, 0.2) is 18.2 Å². The van der Waals surface area contributed by atoms with Crippen LogP contribution in [-0.4, -0.2) is 24.6 Å². The van der Waals surface area contributed by atoms with E-state index in [1.807, 2.05) is 0 Å². The third-order valence-corrected chi connectivity index (χ3v) is 8.59. The Labute approximate surface area is 158 Å². The summed E-state index contributed by atoms with van der Waals surface area (Å²) in [7, 11) is -3.76. The molecule has 148 valence electrons. The van der Waals surface area contributed by atoms with Crippen molar-refractivity contribution < 1.29 is 22.0 Å². The zero-order valence-electron chi connectivity index (χ0n) is 15.4. The van der Waals surface area contributed by atoms with Crippen molar-refractivity contribution in [1.82, 2.24) is 5.32 Å². The molecule has 0 aliphatic heterocycles. The molecule has 4 aliphatic rings. The molecule has 1 aromatic rings. The van der Waals surface area contributed by atoms with Gasteiger partial charge in [0.25, 0.3) is 11.8 Å². The topological polar surface area (TPSA) is 75.3 Å². The molecule has 1 amide bonds. The van der Waals surface area contributed by atoms with Crippen molar-refractivity contribution in [2.24, 2.45) is 5.92 Å². The van der Waals surface area contributed by atoms with Crippen LogP contribution in [0.25, 0.3) is 0 Å². The smallest absolute Gasteiger partial charge is 0.273 e. The molecule has 0 radical (unpaired) electrons. The van der Waals surface area contributed by atoms with Crippen LogP contribution in [0.1, 0.15) is 68.3 Å². The van der Waals surface area contributed by atoms with E-state index in [1.54, 1.807) is 6.92 Å². The summed E-state index contributed by atoms with van der Waals surface area (Å²) < 4.78 is 55.0. The Morgan fingerprint density at radius 2 is 1.89 bits per heavy atom. The molecule has 2 N–H and O–H groups in total. The lowest BCUT2D eigenvalue weighted by molar-refractivity contribution is -0.0438. The van der Waals surface area contributed by atoms with Crippen LogP contribution in [0, 0.1) is 5.92 Å². The van der Waals surface area contributed by atoms with Crippen molar-refractivity contribution >= 4 is 21.6 Å². The molecule has 27 heavy (non-hydrogen) atoms. The molecule has 1 aromatic carbocycles. The monoisotopic (exact) mass is 398 g/mol. The van der Waals surface area contributed by atoms with Crippen molar-refractivity contribution in [1.29, 1.82) is 0 Å². The minimum atomic E-state index is -3.76. The van der Waals surface area contributed by atoms with Crippen LogP contribution in [0.4, 0.5) is 14.5 Å². The summed E-state index contributed by atoms with van der Waals surface area (Å²) in [6.45, 7) is 2.97. The average molecular weight is 398 g/mol. The normalized spacial score (nSPS) is 27.9. The lowest BCUT2D eigenvalue weighted by Gasteiger charge is -2.61. The number of carbonyl (C=O) groups is 1. The molecule has 8 heteroatoms. The van der Waals surface area contributed by atoms with Crippen molar-refractivity contribution in [3.63, 3.8) is 0 Å². The highest BCUT2D eigenvalue weighted by atomic mass is 32.2. The first kappa shape index (κ1) is 18.7. The number of amides is 1. The fourth-order valence-corrected chi connectivity index (χ4v) is 5.26. The molecular formula is C19H24F2N2O3S. The molecule has 0 spiro atoms. The Morgan fingerprint density at radius 3 is 2.37 bits per heavy atom. The number of benzene rings is 1. The standard InChI is InChI=1S/C19H24F2N2O3S/c1-3-19(20,21)13-4-5-14(16(24)22-18-9-12(10-18)11-18)15(8-13)23-27(25,26)17(2)6-7-17/h4-5,8,12,23H,3,6-7,9-11H2,1-2H3,(H,22,24). The van der Waals surface area contributed by atoms with Crippen LogP contribution in [0.2, 0.25) is 0 Å². The molecule has 0 saturated heterocycles. The summed E-state index contributed by atoms with van der Waals surface area (Å²) in [5.41, 5.74) is -0.474. The SMILES string of the molecule is CCC(F)(F)c1ccc(C(=O)NC23CC(C2)C3)c(NS(=O)(=O)C2(C)CC2)c1. The van der Waals surface area contributed by atoms with Crippen LogP contribution in [0.3, 0.4) is 0 Å². The van der Waals surface area contributed by atoms with E-state index in [2.05, 4.69) is 10.0 Å². The summed E-state index contributed by atoms with van der Waals surface area (Å²) in [5, 5.41) is 2.97. The van der Waals surface area contributed by atoms with E-state index in [0.29, 0.717) is 18.8 Å². The van der Waals surface area contributed by atoms with E-state index in [1.165, 1.54) is 19.1 Å². The molecule has 0 aromatic heterocycles. The van der Waals surface area contributed by atoms with E-state index in [4.69, 9.17) is 0 Å². The number of carbonyl (C=O) groups excluding carboxylic acids is 1. The number of alkyl halides is 2. The fraction of sp³-hybridized carbons (Fsp3) is 0.632. The van der Waals surface area contributed by atoms with Crippen LogP contribution in [0.5, 0.6) is 0 Å². The number of hydrogen-bond acceptors (Lipinski definition) is 3. The lowest BCUT2D eigenvalue weighted by Crippen LogP contribution is -2.68. The number of hydrogen-bond donors (Lipinski definition) is 2. The predicted molar refractivity (Wildman–Crippen MR) is 98.3 cm³/mol. The Kier molecular flexibility index (Phi) is 3.91. The molecule has 2 bridgehead atoms. The Balaban J connectivity index is 1.67. The van der Waals surface area contributed by atoms with Crippen LogP contribution < -0.4 is 10.0 Å². The Bertz CT molecular complexity index is 893. The van der Waals surface area contributed by atoms with Crippen LogP contribution >= 0.6 is 0 Å². The van der Waals surface area contributed by atoms with Gasteiger partial charge in [0, 0.05) is 17.5 Å². The van der Waals surface area contributed by atoms with E-state index in [9.17, 15) is 22.0 Å². The quantitative estimate of drug-likeness (QED) is 0.734. The second-order valence-corrected chi connectivity index (χ2v) is 10.8. The molecule has 4 saturated carbocycles. The molecule has 4 fully saturated rings. The van der Waals surface area contributed by atoms with Gasteiger partial charge in [-0.15, -0.1) is 0 Å². The van der Waals surface area contributed by atoms with Gasteiger partial charge in [-0.1, -0.05) is 13.0 Å². The highest BCUT2D eigenvalue weighted by Gasteiger charge is 2.57. The third kappa shape index (κ3) is 3.02. The second kappa shape index (κ2) is 5.65. The highest BCUT2D eigenvalue weighted by Crippen LogP contribution is 2.57. The molecular weight excluding hydrogens is 374 g/mol. The van der Waals surface area contributed by atoms with Crippen LogP contribution in [-0.2, 0) is 15.9 Å². The molecule has 5 rings (SSSR count). The minimum absolute atomic E-state index is 0.0714. The Hall–Kier alpha value is -1.70. The average Bonchev–Trinajstić information content (AvgIpc) is 3.28. The van der Waals surface area contributed by atoms with Gasteiger partial charge >= 0.3 is 0 Å². The van der Waals surface area contributed by atoms with E-state index in [-0.39, 0.29) is 22.4 Å². The first-order valence-corrected chi connectivity index (χ1v) is 10.8. The summed E-state index contributed by atoms with van der Waals surface area (Å²) in [4.78, 5) is 12.7. The zero-order chi connectivity index (χ0) is 19.7. The third-order valence-electron chi connectivity index (χ3n) is 6.39. The fourth-order valence-electron chi connectivity index (χ4n) is 3.91. The van der Waals surface area contributed by atoms with Gasteiger partial charge in [-0.2, -0.15) is 0 Å². The molecule has 5 nitrogen and oxygen atoms in total. The van der Waals surface area contributed by atoms with Gasteiger partial charge in [0.15, 0.2) is 0 Å². The van der Waals surface area contributed by atoms with Crippen molar-refractivity contribution in [3.8, 4) is 0 Å². The number of sulfonamides is 1. The predicted octanol–water partition coefficient (Wildman–Crippen LogP) is 3.76. The van der Waals surface area contributed by atoms with Crippen molar-refractivity contribution in [3.05, 3.63) is 29.3 Å². The highest BCUT2D eigenvalue weighted by molar-refractivity contribution is 7.94. The number of nitrogens with one attached hydrogen (secondary N) is 2. The maximum atomic E-state index is 14.1. The van der Waals surface area contributed by atoms with Gasteiger partial charge in [-0.25, -0.2) is 17.2 Å². The first-order chi connectivity index (χ1) is 12.5. The molecule has 0 unspecified atom stereocenters. The number of halogens is 2. The van der Waals surface area contributed by atoms with E-state index in [0.717, 1.165) is 25.3 Å². The molecule has 4 aliphatic carbocycles. The summed E-state index contributed by atoms with van der Waals surface area (Å²) in [6.07, 6.45) is 3.42. The number of anilines is 1. The number of rotatable bonds is 7.